The summed E-state index contributed by atoms with van der Waals surface area (Å²) in [4.78, 5) is 12.1. The molecule has 1 aromatic carbocycles. The first-order valence-electron chi connectivity index (χ1n) is 7.19. The van der Waals surface area contributed by atoms with Crippen LogP contribution in [0.2, 0.25) is 5.02 Å². The van der Waals surface area contributed by atoms with E-state index in [0.717, 1.165) is 11.4 Å². The molecule has 1 aromatic heterocycles. The lowest BCUT2D eigenvalue weighted by Gasteiger charge is -2.14. The highest BCUT2D eigenvalue weighted by Gasteiger charge is 2.13. The summed E-state index contributed by atoms with van der Waals surface area (Å²) in [5.74, 6) is 1.02. The molecule has 0 radical (unpaired) electrons. The van der Waals surface area contributed by atoms with E-state index in [1.165, 1.54) is 11.8 Å². The zero-order valence-electron chi connectivity index (χ0n) is 13.1. The third kappa shape index (κ3) is 4.84. The highest BCUT2D eigenvalue weighted by molar-refractivity contribution is 7.99. The molecule has 0 spiro atoms. The van der Waals surface area contributed by atoms with Crippen LogP contribution in [0.4, 0.5) is 0 Å². The number of carbonyl (C=O) groups is 1. The Morgan fingerprint density at radius 1 is 1.52 bits per heavy atom. The Kier molecular flexibility index (Phi) is 6.24. The van der Waals surface area contributed by atoms with Crippen LogP contribution in [-0.4, -0.2) is 26.4 Å². The van der Waals surface area contributed by atoms with Crippen LogP contribution in [0.15, 0.2) is 42.1 Å². The minimum atomic E-state index is -0.102. The number of nitrogens with one attached hydrogen (secondary N) is 1. The van der Waals surface area contributed by atoms with Gasteiger partial charge in [0.2, 0.25) is 5.91 Å². The zero-order valence-corrected chi connectivity index (χ0v) is 14.7. The Morgan fingerprint density at radius 3 is 3.00 bits per heavy atom. The summed E-state index contributed by atoms with van der Waals surface area (Å²) in [5.41, 5.74) is 0.974. The van der Waals surface area contributed by atoms with Crippen molar-refractivity contribution in [3.05, 3.63) is 53.3 Å². The molecule has 0 unspecified atom stereocenters. The van der Waals surface area contributed by atoms with Crippen LogP contribution in [-0.2, 0) is 11.3 Å². The zero-order chi connectivity index (χ0) is 16.8. The Morgan fingerprint density at radius 2 is 2.30 bits per heavy atom. The van der Waals surface area contributed by atoms with Gasteiger partial charge in [-0.1, -0.05) is 41.6 Å². The first-order valence-corrected chi connectivity index (χ1v) is 8.56. The van der Waals surface area contributed by atoms with E-state index < -0.39 is 0 Å². The van der Waals surface area contributed by atoms with E-state index in [1.54, 1.807) is 6.08 Å². The molecule has 0 fully saturated rings. The molecule has 23 heavy (non-hydrogen) atoms. The van der Waals surface area contributed by atoms with Crippen molar-refractivity contribution in [2.45, 2.75) is 31.6 Å². The fourth-order valence-corrected chi connectivity index (χ4v) is 3.08. The molecule has 5 nitrogen and oxygen atoms in total. The van der Waals surface area contributed by atoms with E-state index in [-0.39, 0.29) is 17.7 Å². The van der Waals surface area contributed by atoms with Gasteiger partial charge in [0.15, 0.2) is 5.16 Å². The van der Waals surface area contributed by atoms with Gasteiger partial charge in [0, 0.05) is 11.6 Å². The van der Waals surface area contributed by atoms with Gasteiger partial charge in [-0.25, -0.2) is 0 Å². The van der Waals surface area contributed by atoms with Crippen LogP contribution in [0.1, 0.15) is 24.4 Å². The Labute approximate surface area is 145 Å². The molecule has 7 heteroatoms. The van der Waals surface area contributed by atoms with E-state index in [0.29, 0.717) is 16.7 Å². The number of amides is 1. The Balaban J connectivity index is 1.91. The van der Waals surface area contributed by atoms with Crippen molar-refractivity contribution < 1.29 is 4.79 Å². The first kappa shape index (κ1) is 17.6. The fourth-order valence-electron chi connectivity index (χ4n) is 2.08. The third-order valence-corrected chi connectivity index (χ3v) is 4.47. The summed E-state index contributed by atoms with van der Waals surface area (Å²) in [7, 11) is 0. The molecule has 0 aliphatic rings. The minimum absolute atomic E-state index is 0.0618. The van der Waals surface area contributed by atoms with Crippen LogP contribution in [0.3, 0.4) is 0 Å². The Bertz CT molecular complexity index is 701. The van der Waals surface area contributed by atoms with Crippen molar-refractivity contribution in [3.8, 4) is 0 Å². The molecular formula is C16H19ClN4OS. The van der Waals surface area contributed by atoms with Crippen LogP contribution < -0.4 is 5.32 Å². The van der Waals surface area contributed by atoms with Gasteiger partial charge in [-0.2, -0.15) is 0 Å². The van der Waals surface area contributed by atoms with E-state index in [4.69, 9.17) is 11.6 Å². The molecule has 0 saturated heterocycles. The van der Waals surface area contributed by atoms with Gasteiger partial charge in [0.25, 0.3) is 0 Å². The number of aryl methyl sites for hydroxylation is 1. The number of hydrogen-bond acceptors (Lipinski definition) is 4. The number of aromatic nitrogens is 3. The van der Waals surface area contributed by atoms with E-state index in [9.17, 15) is 4.79 Å². The van der Waals surface area contributed by atoms with Crippen LogP contribution in [0.25, 0.3) is 0 Å². The first-order chi connectivity index (χ1) is 11.0. The number of carbonyl (C=O) groups excluding carboxylic acids is 1. The SMILES string of the molecule is C=CCn1c(C)nnc1SCC(=O)N[C@@H](C)c1cccc(Cl)c1. The van der Waals surface area contributed by atoms with Gasteiger partial charge < -0.3 is 9.88 Å². The third-order valence-electron chi connectivity index (χ3n) is 3.27. The van der Waals surface area contributed by atoms with Crippen molar-refractivity contribution in [1.82, 2.24) is 20.1 Å². The van der Waals surface area contributed by atoms with Crippen molar-refractivity contribution in [1.29, 1.82) is 0 Å². The molecule has 122 valence electrons. The molecule has 2 rings (SSSR count). The Hall–Kier alpha value is -1.79. The van der Waals surface area contributed by atoms with Gasteiger partial charge in [-0.15, -0.1) is 16.8 Å². The number of allylic oxidation sites excluding steroid dienone is 1. The lowest BCUT2D eigenvalue weighted by Crippen LogP contribution is -2.28. The van der Waals surface area contributed by atoms with Gasteiger partial charge in [0.05, 0.1) is 11.8 Å². The van der Waals surface area contributed by atoms with Gasteiger partial charge in [0.1, 0.15) is 5.82 Å². The monoisotopic (exact) mass is 350 g/mol. The quantitative estimate of drug-likeness (QED) is 0.614. The van der Waals surface area contributed by atoms with E-state index in [1.807, 2.05) is 42.7 Å². The summed E-state index contributed by atoms with van der Waals surface area (Å²) >= 11 is 7.33. The number of halogens is 1. The predicted octanol–water partition coefficient (Wildman–Crippen LogP) is 3.40. The lowest BCUT2D eigenvalue weighted by molar-refractivity contribution is -0.119. The van der Waals surface area contributed by atoms with Crippen molar-refractivity contribution in [2.24, 2.45) is 0 Å². The molecule has 0 saturated carbocycles. The van der Waals surface area contributed by atoms with Crippen molar-refractivity contribution in [2.75, 3.05) is 5.75 Å². The van der Waals surface area contributed by atoms with Crippen molar-refractivity contribution >= 4 is 29.3 Å². The molecule has 0 bridgehead atoms. The largest absolute Gasteiger partial charge is 0.349 e. The number of hydrogen-bond donors (Lipinski definition) is 1. The van der Waals surface area contributed by atoms with E-state index >= 15 is 0 Å². The number of thioether (sulfide) groups is 1. The summed E-state index contributed by atoms with van der Waals surface area (Å²) in [6.45, 7) is 8.15. The lowest BCUT2D eigenvalue weighted by atomic mass is 10.1. The molecule has 1 heterocycles. The molecule has 0 aliphatic heterocycles. The maximum atomic E-state index is 12.1. The van der Waals surface area contributed by atoms with Crippen molar-refractivity contribution in [3.63, 3.8) is 0 Å². The highest BCUT2D eigenvalue weighted by atomic mass is 35.5. The standard InChI is InChI=1S/C16H19ClN4OS/c1-4-8-21-12(3)19-20-16(21)23-10-15(22)18-11(2)13-6-5-7-14(17)9-13/h4-7,9,11H,1,8,10H2,2-3H3,(H,18,22)/t11-/m0/s1. The summed E-state index contributed by atoms with van der Waals surface area (Å²) in [6.07, 6.45) is 1.78. The average molecular weight is 351 g/mol. The summed E-state index contributed by atoms with van der Waals surface area (Å²) in [6, 6.07) is 7.37. The molecule has 1 amide bonds. The average Bonchev–Trinajstić information content (AvgIpc) is 2.86. The van der Waals surface area contributed by atoms with Gasteiger partial charge in [-0.05, 0) is 31.5 Å². The maximum absolute atomic E-state index is 12.1. The fraction of sp³-hybridized carbons (Fsp3) is 0.312. The molecule has 1 atom stereocenters. The molecular weight excluding hydrogens is 332 g/mol. The summed E-state index contributed by atoms with van der Waals surface area (Å²) < 4.78 is 1.92. The van der Waals surface area contributed by atoms with Gasteiger partial charge in [-0.3, -0.25) is 4.79 Å². The second kappa shape index (κ2) is 8.17. The number of benzene rings is 1. The number of rotatable bonds is 7. The van der Waals surface area contributed by atoms with Gasteiger partial charge >= 0.3 is 0 Å². The molecule has 1 N–H and O–H groups in total. The summed E-state index contributed by atoms with van der Waals surface area (Å²) in [5, 5.41) is 12.4. The van der Waals surface area contributed by atoms with Crippen LogP contribution in [0, 0.1) is 6.92 Å². The maximum Gasteiger partial charge on any atom is 0.230 e. The number of nitrogens with zero attached hydrogens (tertiary/aromatic N) is 3. The normalized spacial score (nSPS) is 12.0. The van der Waals surface area contributed by atoms with Crippen LogP contribution >= 0.6 is 23.4 Å². The predicted molar refractivity (Wildman–Crippen MR) is 93.7 cm³/mol. The molecule has 2 aromatic rings. The second-order valence-electron chi connectivity index (χ2n) is 5.06. The highest BCUT2D eigenvalue weighted by Crippen LogP contribution is 2.19. The molecule has 0 aliphatic carbocycles. The van der Waals surface area contributed by atoms with Crippen LogP contribution in [0.5, 0.6) is 0 Å². The topological polar surface area (TPSA) is 59.8 Å². The second-order valence-corrected chi connectivity index (χ2v) is 6.44. The smallest absolute Gasteiger partial charge is 0.230 e. The van der Waals surface area contributed by atoms with E-state index in [2.05, 4.69) is 22.1 Å². The minimum Gasteiger partial charge on any atom is -0.349 e.